The van der Waals surface area contributed by atoms with Crippen molar-refractivity contribution in [3.8, 4) is 0 Å². The van der Waals surface area contributed by atoms with E-state index in [1.807, 2.05) is 6.92 Å². The number of aliphatic hydroxyl groups excluding tert-OH is 1. The summed E-state index contributed by atoms with van der Waals surface area (Å²) in [6.07, 6.45) is 0. The molecule has 1 fully saturated rings. The zero-order valence-corrected chi connectivity index (χ0v) is 8.79. The SMILES string of the molecule is C[C@H](Cl)C(=O)N1C[C@H](CO)[C@@H](C)C1. The average molecular weight is 206 g/mol. The molecule has 1 aliphatic rings. The van der Waals surface area contributed by atoms with Gasteiger partial charge in [0.25, 0.3) is 0 Å². The van der Waals surface area contributed by atoms with Crippen LogP contribution < -0.4 is 0 Å². The summed E-state index contributed by atoms with van der Waals surface area (Å²) in [7, 11) is 0. The highest BCUT2D eigenvalue weighted by molar-refractivity contribution is 6.30. The van der Waals surface area contributed by atoms with Gasteiger partial charge in [-0.15, -0.1) is 11.6 Å². The lowest BCUT2D eigenvalue weighted by Crippen LogP contribution is -2.34. The van der Waals surface area contributed by atoms with Crippen LogP contribution in [0.4, 0.5) is 0 Å². The van der Waals surface area contributed by atoms with E-state index in [-0.39, 0.29) is 18.4 Å². The highest BCUT2D eigenvalue weighted by Gasteiger charge is 2.32. The lowest BCUT2D eigenvalue weighted by Gasteiger charge is -2.17. The van der Waals surface area contributed by atoms with Gasteiger partial charge in [0.15, 0.2) is 0 Å². The molecule has 0 aromatic carbocycles. The molecule has 3 nitrogen and oxygen atoms in total. The molecule has 13 heavy (non-hydrogen) atoms. The molecule has 3 atom stereocenters. The van der Waals surface area contributed by atoms with Crippen LogP contribution in [-0.4, -0.2) is 41.0 Å². The van der Waals surface area contributed by atoms with E-state index in [1.54, 1.807) is 11.8 Å². The Kier molecular flexibility index (Phi) is 3.56. The quantitative estimate of drug-likeness (QED) is 0.675. The van der Waals surface area contributed by atoms with Gasteiger partial charge < -0.3 is 10.0 Å². The smallest absolute Gasteiger partial charge is 0.240 e. The fourth-order valence-electron chi connectivity index (χ4n) is 1.70. The first-order chi connectivity index (χ1) is 6.06. The topological polar surface area (TPSA) is 40.5 Å². The monoisotopic (exact) mass is 205 g/mol. The third-order valence-corrected chi connectivity index (χ3v) is 2.84. The highest BCUT2D eigenvalue weighted by Crippen LogP contribution is 2.23. The van der Waals surface area contributed by atoms with Crippen molar-refractivity contribution >= 4 is 17.5 Å². The molecule has 1 rings (SSSR count). The normalized spacial score (nSPS) is 30.6. The number of nitrogens with zero attached hydrogens (tertiary/aromatic N) is 1. The Labute approximate surface area is 83.7 Å². The Hall–Kier alpha value is -0.280. The number of carbonyl (C=O) groups is 1. The minimum absolute atomic E-state index is 0.0236. The van der Waals surface area contributed by atoms with Crippen molar-refractivity contribution in [1.29, 1.82) is 0 Å². The van der Waals surface area contributed by atoms with Gasteiger partial charge in [0.2, 0.25) is 5.91 Å². The van der Waals surface area contributed by atoms with Gasteiger partial charge in [-0.1, -0.05) is 6.92 Å². The first-order valence-electron chi connectivity index (χ1n) is 4.60. The van der Waals surface area contributed by atoms with Crippen LogP contribution in [0, 0.1) is 11.8 Å². The summed E-state index contributed by atoms with van der Waals surface area (Å²) >= 11 is 5.69. The van der Waals surface area contributed by atoms with Crippen LogP contribution in [0.1, 0.15) is 13.8 Å². The standard InChI is InChI=1S/C9H16ClNO2/c1-6-3-11(4-8(6)5-12)9(13)7(2)10/h6-8,12H,3-5H2,1-2H3/t6-,7-,8+/m0/s1. The molecule has 1 heterocycles. The highest BCUT2D eigenvalue weighted by atomic mass is 35.5. The molecule has 0 bridgehead atoms. The van der Waals surface area contributed by atoms with E-state index >= 15 is 0 Å². The summed E-state index contributed by atoms with van der Waals surface area (Å²) in [5.74, 6) is 0.577. The maximum absolute atomic E-state index is 11.5. The van der Waals surface area contributed by atoms with Crippen molar-refractivity contribution in [2.24, 2.45) is 11.8 Å². The Morgan fingerprint density at radius 1 is 1.69 bits per heavy atom. The van der Waals surface area contributed by atoms with Gasteiger partial charge >= 0.3 is 0 Å². The number of hydrogen-bond donors (Lipinski definition) is 1. The van der Waals surface area contributed by atoms with Gasteiger partial charge in [0.05, 0.1) is 0 Å². The average Bonchev–Trinajstić information content (AvgIpc) is 2.45. The number of rotatable bonds is 2. The number of halogens is 1. The predicted octanol–water partition coefficient (Wildman–Crippen LogP) is 0.701. The molecule has 0 aromatic heterocycles. The summed E-state index contributed by atoms with van der Waals surface area (Å²) in [5.41, 5.74) is 0. The third kappa shape index (κ3) is 2.35. The first-order valence-corrected chi connectivity index (χ1v) is 5.03. The van der Waals surface area contributed by atoms with Crippen LogP contribution in [0.25, 0.3) is 0 Å². The lowest BCUT2D eigenvalue weighted by molar-refractivity contribution is -0.129. The molecular weight excluding hydrogens is 190 g/mol. The molecule has 0 aliphatic carbocycles. The van der Waals surface area contributed by atoms with E-state index in [1.165, 1.54) is 0 Å². The summed E-state index contributed by atoms with van der Waals surface area (Å²) in [6, 6.07) is 0. The number of hydrogen-bond acceptors (Lipinski definition) is 2. The Morgan fingerprint density at radius 2 is 2.31 bits per heavy atom. The molecule has 0 aromatic rings. The maximum Gasteiger partial charge on any atom is 0.240 e. The molecule has 1 aliphatic heterocycles. The van der Waals surface area contributed by atoms with Crippen molar-refractivity contribution in [3.63, 3.8) is 0 Å². The van der Waals surface area contributed by atoms with E-state index in [2.05, 4.69) is 0 Å². The second-order valence-electron chi connectivity index (χ2n) is 3.78. The zero-order valence-electron chi connectivity index (χ0n) is 8.03. The number of carbonyl (C=O) groups excluding carboxylic acids is 1. The van der Waals surface area contributed by atoms with Crippen molar-refractivity contribution in [3.05, 3.63) is 0 Å². The van der Waals surface area contributed by atoms with Gasteiger partial charge in [-0.25, -0.2) is 0 Å². The number of amides is 1. The molecule has 0 radical (unpaired) electrons. The van der Waals surface area contributed by atoms with Crippen molar-refractivity contribution < 1.29 is 9.90 Å². The van der Waals surface area contributed by atoms with E-state index in [4.69, 9.17) is 16.7 Å². The van der Waals surface area contributed by atoms with Gasteiger partial charge in [0, 0.05) is 25.6 Å². The molecule has 1 amide bonds. The van der Waals surface area contributed by atoms with Crippen molar-refractivity contribution in [2.75, 3.05) is 19.7 Å². The summed E-state index contributed by atoms with van der Waals surface area (Å²) in [5, 5.41) is 8.55. The largest absolute Gasteiger partial charge is 0.396 e. The minimum atomic E-state index is -0.454. The third-order valence-electron chi connectivity index (χ3n) is 2.65. The molecular formula is C9H16ClNO2. The van der Waals surface area contributed by atoms with Crippen LogP contribution in [0.3, 0.4) is 0 Å². The van der Waals surface area contributed by atoms with Crippen LogP contribution in [0.5, 0.6) is 0 Å². The van der Waals surface area contributed by atoms with Gasteiger partial charge in [-0.05, 0) is 12.8 Å². The lowest BCUT2D eigenvalue weighted by atomic mass is 10.00. The van der Waals surface area contributed by atoms with E-state index in [0.717, 1.165) is 6.54 Å². The second kappa shape index (κ2) is 4.29. The Bertz CT molecular complexity index is 196. The molecule has 1 saturated heterocycles. The summed E-state index contributed by atoms with van der Waals surface area (Å²) < 4.78 is 0. The van der Waals surface area contributed by atoms with Gasteiger partial charge in [0.1, 0.15) is 5.38 Å². The van der Waals surface area contributed by atoms with E-state index in [9.17, 15) is 4.79 Å². The second-order valence-corrected chi connectivity index (χ2v) is 4.43. The van der Waals surface area contributed by atoms with Crippen LogP contribution >= 0.6 is 11.6 Å². The molecule has 1 N–H and O–H groups in total. The predicted molar refractivity (Wildman–Crippen MR) is 51.6 cm³/mol. The van der Waals surface area contributed by atoms with E-state index < -0.39 is 5.38 Å². The van der Waals surface area contributed by atoms with Crippen LogP contribution in [-0.2, 0) is 4.79 Å². The molecule has 0 spiro atoms. The van der Waals surface area contributed by atoms with Gasteiger partial charge in [-0.3, -0.25) is 4.79 Å². The Balaban J connectivity index is 2.53. The number of aliphatic hydroxyl groups is 1. The maximum atomic E-state index is 11.5. The molecule has 0 unspecified atom stereocenters. The van der Waals surface area contributed by atoms with Crippen molar-refractivity contribution in [1.82, 2.24) is 4.90 Å². The molecule has 0 saturated carbocycles. The minimum Gasteiger partial charge on any atom is -0.396 e. The fourth-order valence-corrected chi connectivity index (χ4v) is 1.84. The first kappa shape index (κ1) is 10.8. The zero-order chi connectivity index (χ0) is 10.0. The van der Waals surface area contributed by atoms with Crippen molar-refractivity contribution in [2.45, 2.75) is 19.2 Å². The van der Waals surface area contributed by atoms with Crippen LogP contribution in [0.15, 0.2) is 0 Å². The molecule has 4 heteroatoms. The fraction of sp³-hybridized carbons (Fsp3) is 0.889. The number of alkyl halides is 1. The molecule has 76 valence electrons. The van der Waals surface area contributed by atoms with Crippen LogP contribution in [0.2, 0.25) is 0 Å². The summed E-state index contributed by atoms with van der Waals surface area (Å²) in [4.78, 5) is 13.2. The number of likely N-dealkylation sites (tertiary alicyclic amines) is 1. The summed E-state index contributed by atoms with van der Waals surface area (Å²) in [6.45, 7) is 5.25. The van der Waals surface area contributed by atoms with Gasteiger partial charge in [-0.2, -0.15) is 0 Å². The Morgan fingerprint density at radius 3 is 2.69 bits per heavy atom. The van der Waals surface area contributed by atoms with E-state index in [0.29, 0.717) is 12.5 Å².